The lowest BCUT2D eigenvalue weighted by Gasteiger charge is -2.11. The fourth-order valence-corrected chi connectivity index (χ4v) is 2.76. The van der Waals surface area contributed by atoms with Crippen molar-refractivity contribution in [2.24, 2.45) is 0 Å². The van der Waals surface area contributed by atoms with Gasteiger partial charge in [0.2, 0.25) is 5.76 Å². The summed E-state index contributed by atoms with van der Waals surface area (Å²) in [6.45, 7) is 1.25. The van der Waals surface area contributed by atoms with Gasteiger partial charge in [-0.3, -0.25) is 4.79 Å². The fourth-order valence-electron chi connectivity index (χ4n) is 2.76. The Morgan fingerprint density at radius 1 is 1.06 bits per heavy atom. The summed E-state index contributed by atoms with van der Waals surface area (Å²) in [5.74, 6) is -1.26. The van der Waals surface area contributed by atoms with Crippen LogP contribution in [-0.4, -0.2) is 25.6 Å². The van der Waals surface area contributed by atoms with Crippen LogP contribution < -0.4 is 10.1 Å². The number of furan rings is 1. The first-order valence-corrected chi connectivity index (χ1v) is 9.06. The minimum Gasteiger partial charge on any atom is -0.495 e. The molecule has 0 atom stereocenters. The van der Waals surface area contributed by atoms with Gasteiger partial charge >= 0.3 is 12.1 Å². The van der Waals surface area contributed by atoms with Crippen molar-refractivity contribution < 1.29 is 36.7 Å². The lowest BCUT2D eigenvalue weighted by Crippen LogP contribution is -2.21. The van der Waals surface area contributed by atoms with Crippen molar-refractivity contribution in [3.05, 3.63) is 71.5 Å². The van der Waals surface area contributed by atoms with Gasteiger partial charge < -0.3 is 19.2 Å². The molecule has 0 bridgehead atoms. The van der Waals surface area contributed by atoms with Gasteiger partial charge in [0.15, 0.2) is 6.61 Å². The van der Waals surface area contributed by atoms with Crippen LogP contribution in [0, 0.1) is 6.92 Å². The highest BCUT2D eigenvalue weighted by atomic mass is 19.4. The second kappa shape index (κ2) is 8.95. The Hall–Kier alpha value is -3.75. The van der Waals surface area contributed by atoms with E-state index >= 15 is 0 Å². The average molecular weight is 433 g/mol. The highest BCUT2D eigenvalue weighted by molar-refractivity contribution is 5.95. The zero-order valence-electron chi connectivity index (χ0n) is 16.6. The summed E-state index contributed by atoms with van der Waals surface area (Å²) in [5, 5.41) is 2.58. The third-order valence-corrected chi connectivity index (χ3v) is 4.25. The Labute approximate surface area is 175 Å². The number of esters is 1. The van der Waals surface area contributed by atoms with E-state index in [9.17, 15) is 22.8 Å². The highest BCUT2D eigenvalue weighted by Crippen LogP contribution is 2.32. The van der Waals surface area contributed by atoms with Crippen LogP contribution in [0.1, 0.15) is 21.7 Å². The van der Waals surface area contributed by atoms with Gasteiger partial charge in [-0.05, 0) is 48.9 Å². The number of carbonyl (C=O) groups is 2. The molecule has 162 valence electrons. The van der Waals surface area contributed by atoms with Gasteiger partial charge in [-0.25, -0.2) is 4.79 Å². The number of ether oxygens (including phenoxy) is 2. The molecule has 1 amide bonds. The molecule has 0 saturated carbocycles. The number of hydrogen-bond acceptors (Lipinski definition) is 5. The molecule has 0 fully saturated rings. The second-order valence-electron chi connectivity index (χ2n) is 6.57. The summed E-state index contributed by atoms with van der Waals surface area (Å²) in [6.07, 6.45) is -4.50. The Balaban J connectivity index is 1.63. The largest absolute Gasteiger partial charge is 0.495 e. The lowest BCUT2D eigenvalue weighted by molar-refractivity contribution is -0.137. The van der Waals surface area contributed by atoms with Crippen LogP contribution in [0.5, 0.6) is 5.75 Å². The molecule has 1 N–H and O–H groups in total. The predicted octanol–water partition coefficient (Wildman–Crippen LogP) is 5.08. The van der Waals surface area contributed by atoms with E-state index in [-0.39, 0.29) is 17.1 Å². The highest BCUT2D eigenvalue weighted by Gasteiger charge is 2.30. The number of nitrogens with one attached hydrogen (secondary N) is 1. The number of carbonyl (C=O) groups excluding carboxylic acids is 2. The van der Waals surface area contributed by atoms with Gasteiger partial charge in [0.1, 0.15) is 11.5 Å². The number of methoxy groups -OCH3 is 1. The normalized spacial score (nSPS) is 11.1. The van der Waals surface area contributed by atoms with Crippen LogP contribution >= 0.6 is 0 Å². The van der Waals surface area contributed by atoms with E-state index in [0.29, 0.717) is 11.4 Å². The first kappa shape index (κ1) is 21.9. The number of rotatable bonds is 6. The van der Waals surface area contributed by atoms with Crippen molar-refractivity contribution in [3.63, 3.8) is 0 Å². The Morgan fingerprint density at radius 2 is 1.84 bits per heavy atom. The zero-order chi connectivity index (χ0) is 22.6. The summed E-state index contributed by atoms with van der Waals surface area (Å²) in [4.78, 5) is 24.3. The Morgan fingerprint density at radius 3 is 2.55 bits per heavy atom. The minimum atomic E-state index is -4.50. The quantitative estimate of drug-likeness (QED) is 0.549. The van der Waals surface area contributed by atoms with Crippen molar-refractivity contribution in [2.75, 3.05) is 19.0 Å². The fraction of sp³-hybridized carbons (Fsp3) is 0.182. The second-order valence-corrected chi connectivity index (χ2v) is 6.57. The summed E-state index contributed by atoms with van der Waals surface area (Å²) in [6, 6.07) is 12.3. The van der Waals surface area contributed by atoms with Gasteiger partial charge in [-0.15, -0.1) is 0 Å². The van der Waals surface area contributed by atoms with Crippen molar-refractivity contribution >= 4 is 17.6 Å². The molecule has 2 aromatic carbocycles. The van der Waals surface area contributed by atoms with Crippen LogP contribution in [0.15, 0.2) is 59.0 Å². The third-order valence-electron chi connectivity index (χ3n) is 4.25. The van der Waals surface area contributed by atoms with E-state index in [1.54, 1.807) is 12.1 Å². The van der Waals surface area contributed by atoms with E-state index in [0.717, 1.165) is 17.7 Å². The number of anilines is 1. The van der Waals surface area contributed by atoms with E-state index in [4.69, 9.17) is 13.9 Å². The predicted molar refractivity (Wildman–Crippen MR) is 106 cm³/mol. The molecule has 0 radical (unpaired) electrons. The molecule has 0 spiro atoms. The number of alkyl halides is 3. The topological polar surface area (TPSA) is 77.8 Å². The van der Waals surface area contributed by atoms with Gasteiger partial charge in [-0.1, -0.05) is 18.2 Å². The van der Waals surface area contributed by atoms with E-state index in [2.05, 4.69) is 5.32 Å². The lowest BCUT2D eigenvalue weighted by atomic mass is 10.1. The molecule has 31 heavy (non-hydrogen) atoms. The third kappa shape index (κ3) is 5.44. The van der Waals surface area contributed by atoms with Gasteiger partial charge in [0, 0.05) is 5.56 Å². The monoisotopic (exact) mass is 433 g/mol. The SMILES string of the molecule is COc1ccc(C)cc1NC(=O)COC(=O)c1ccc(-c2cccc(C(F)(F)F)c2)o1. The molecule has 9 heteroatoms. The van der Waals surface area contributed by atoms with Crippen molar-refractivity contribution in [1.82, 2.24) is 0 Å². The summed E-state index contributed by atoms with van der Waals surface area (Å²) in [7, 11) is 1.46. The molecular weight excluding hydrogens is 415 g/mol. The van der Waals surface area contributed by atoms with Crippen LogP contribution in [0.3, 0.4) is 0 Å². The van der Waals surface area contributed by atoms with Crippen LogP contribution in [-0.2, 0) is 15.7 Å². The molecule has 0 aliphatic heterocycles. The Kier molecular flexibility index (Phi) is 6.33. The van der Waals surface area contributed by atoms with Crippen LogP contribution in [0.4, 0.5) is 18.9 Å². The van der Waals surface area contributed by atoms with E-state index < -0.39 is 30.2 Å². The minimum absolute atomic E-state index is 0.0620. The van der Waals surface area contributed by atoms with Gasteiger partial charge in [0.25, 0.3) is 5.91 Å². The first-order chi connectivity index (χ1) is 14.7. The number of hydrogen-bond donors (Lipinski definition) is 1. The maximum absolute atomic E-state index is 12.9. The van der Waals surface area contributed by atoms with E-state index in [1.807, 2.05) is 13.0 Å². The smallest absolute Gasteiger partial charge is 0.416 e. The molecule has 1 heterocycles. The maximum atomic E-state index is 12.9. The molecule has 1 aromatic heterocycles. The molecule has 0 unspecified atom stereocenters. The molecule has 3 rings (SSSR count). The van der Waals surface area contributed by atoms with Crippen LogP contribution in [0.2, 0.25) is 0 Å². The maximum Gasteiger partial charge on any atom is 0.416 e. The molecule has 0 aliphatic carbocycles. The molecule has 0 aliphatic rings. The molecule has 0 saturated heterocycles. The number of benzene rings is 2. The number of aryl methyl sites for hydroxylation is 1. The number of amides is 1. The summed E-state index contributed by atoms with van der Waals surface area (Å²) in [5.41, 5.74) is 0.631. The Bertz CT molecular complexity index is 1100. The molecular formula is C22H18F3NO5. The first-order valence-electron chi connectivity index (χ1n) is 9.06. The standard InChI is InChI=1S/C22H18F3NO5/c1-13-6-7-18(29-2)16(10-13)26-20(27)12-30-21(28)19-9-8-17(31-19)14-4-3-5-15(11-14)22(23,24)25/h3-11H,12H2,1-2H3,(H,26,27). The number of halogens is 3. The zero-order valence-corrected chi connectivity index (χ0v) is 16.6. The van der Waals surface area contributed by atoms with Crippen molar-refractivity contribution in [1.29, 1.82) is 0 Å². The molecule has 6 nitrogen and oxygen atoms in total. The van der Waals surface area contributed by atoms with E-state index in [1.165, 1.54) is 31.4 Å². The van der Waals surface area contributed by atoms with Gasteiger partial charge in [-0.2, -0.15) is 13.2 Å². The van der Waals surface area contributed by atoms with Crippen molar-refractivity contribution in [3.8, 4) is 17.1 Å². The van der Waals surface area contributed by atoms with Crippen molar-refractivity contribution in [2.45, 2.75) is 13.1 Å². The van der Waals surface area contributed by atoms with Crippen LogP contribution in [0.25, 0.3) is 11.3 Å². The summed E-state index contributed by atoms with van der Waals surface area (Å²) < 4.78 is 54.0. The average Bonchev–Trinajstić information content (AvgIpc) is 3.22. The molecule has 3 aromatic rings. The van der Waals surface area contributed by atoms with Gasteiger partial charge in [0.05, 0.1) is 18.4 Å². The summed E-state index contributed by atoms with van der Waals surface area (Å²) >= 11 is 0.